The van der Waals surface area contributed by atoms with Gasteiger partial charge in [0.15, 0.2) is 18.1 Å². The van der Waals surface area contributed by atoms with Crippen LogP contribution in [0.4, 0.5) is 4.79 Å². The van der Waals surface area contributed by atoms with E-state index in [0.717, 1.165) is 0 Å². The van der Waals surface area contributed by atoms with Crippen LogP contribution < -0.4 is 20.5 Å². The third-order valence-electron chi connectivity index (χ3n) is 2.22. The highest BCUT2D eigenvalue weighted by molar-refractivity contribution is 5.96. The van der Waals surface area contributed by atoms with E-state index in [2.05, 4.69) is 0 Å². The molecule has 0 radical (unpaired) electrons. The zero-order chi connectivity index (χ0) is 15.1. The van der Waals surface area contributed by atoms with Gasteiger partial charge in [0.25, 0.3) is 5.91 Å². The molecule has 0 aromatic heterocycles. The molecule has 20 heavy (non-hydrogen) atoms. The molecule has 0 bridgehead atoms. The minimum Gasteiger partial charge on any atom is -0.493 e. The molecule has 0 saturated carbocycles. The molecule has 1 rings (SSSR count). The van der Waals surface area contributed by atoms with Gasteiger partial charge in [-0.2, -0.15) is 0 Å². The van der Waals surface area contributed by atoms with Crippen molar-refractivity contribution < 1.29 is 28.6 Å². The van der Waals surface area contributed by atoms with Crippen molar-refractivity contribution in [2.24, 2.45) is 5.73 Å². The second-order valence-corrected chi connectivity index (χ2v) is 3.56. The average Bonchev–Trinajstić information content (AvgIpc) is 2.43. The van der Waals surface area contributed by atoms with Crippen molar-refractivity contribution >= 4 is 17.9 Å². The van der Waals surface area contributed by atoms with Crippen LogP contribution in [0.25, 0.3) is 0 Å². The second kappa shape index (κ2) is 6.98. The van der Waals surface area contributed by atoms with E-state index in [9.17, 15) is 14.4 Å². The molecule has 0 aliphatic carbocycles. The maximum absolute atomic E-state index is 11.7. The zero-order valence-electron chi connectivity index (χ0n) is 11.0. The van der Waals surface area contributed by atoms with Gasteiger partial charge < -0.3 is 19.9 Å². The first-order valence-electron chi connectivity index (χ1n) is 5.46. The summed E-state index contributed by atoms with van der Waals surface area (Å²) in [6.45, 7) is -0.615. The lowest BCUT2D eigenvalue weighted by atomic mass is 10.2. The Kier molecular flexibility index (Phi) is 5.33. The molecule has 0 fully saturated rings. The van der Waals surface area contributed by atoms with Gasteiger partial charge in [-0.25, -0.2) is 9.59 Å². The van der Waals surface area contributed by atoms with Gasteiger partial charge in [0.05, 0.1) is 19.8 Å². The molecular formula is C12H14N2O6. The van der Waals surface area contributed by atoms with Gasteiger partial charge in [0.2, 0.25) is 0 Å². The monoisotopic (exact) mass is 282 g/mol. The first kappa shape index (κ1) is 15.3. The lowest BCUT2D eigenvalue weighted by molar-refractivity contribution is -0.123. The number of amides is 3. The van der Waals surface area contributed by atoms with Crippen molar-refractivity contribution in [1.82, 2.24) is 5.32 Å². The van der Waals surface area contributed by atoms with Gasteiger partial charge in [-0.1, -0.05) is 0 Å². The van der Waals surface area contributed by atoms with Gasteiger partial charge >= 0.3 is 12.0 Å². The molecule has 8 nitrogen and oxygen atoms in total. The predicted molar refractivity (Wildman–Crippen MR) is 67.6 cm³/mol. The summed E-state index contributed by atoms with van der Waals surface area (Å²) in [6.07, 6.45) is 0. The van der Waals surface area contributed by atoms with E-state index in [1.807, 2.05) is 0 Å². The van der Waals surface area contributed by atoms with Crippen molar-refractivity contribution in [2.75, 3.05) is 20.8 Å². The highest BCUT2D eigenvalue weighted by Gasteiger charge is 2.14. The molecule has 108 valence electrons. The Balaban J connectivity index is 2.68. The van der Waals surface area contributed by atoms with Crippen molar-refractivity contribution in [3.05, 3.63) is 23.8 Å². The molecule has 0 heterocycles. The lowest BCUT2D eigenvalue weighted by Crippen LogP contribution is -2.37. The fourth-order valence-corrected chi connectivity index (χ4v) is 1.35. The summed E-state index contributed by atoms with van der Waals surface area (Å²) in [5.74, 6) is -0.754. The molecule has 0 aliphatic rings. The number of ether oxygens (including phenoxy) is 3. The molecule has 0 unspecified atom stereocenters. The largest absolute Gasteiger partial charge is 0.493 e. The standard InChI is InChI=1S/C12H14N2O6/c1-18-8-4-3-7(5-9(8)19-2)11(16)20-6-10(15)14-12(13)17/h3-5H,6H2,1-2H3,(H3,13,14,15,17). The minimum atomic E-state index is -1.02. The number of urea groups is 1. The van der Waals surface area contributed by atoms with E-state index in [4.69, 9.17) is 19.9 Å². The Morgan fingerprint density at radius 1 is 1.15 bits per heavy atom. The minimum absolute atomic E-state index is 0.175. The maximum atomic E-state index is 11.7. The fourth-order valence-electron chi connectivity index (χ4n) is 1.35. The van der Waals surface area contributed by atoms with E-state index in [-0.39, 0.29) is 5.56 Å². The van der Waals surface area contributed by atoms with Crippen molar-refractivity contribution in [3.8, 4) is 11.5 Å². The number of rotatable bonds is 5. The van der Waals surface area contributed by atoms with Crippen molar-refractivity contribution in [1.29, 1.82) is 0 Å². The molecule has 1 aromatic rings. The highest BCUT2D eigenvalue weighted by Crippen LogP contribution is 2.27. The number of nitrogens with one attached hydrogen (secondary N) is 1. The average molecular weight is 282 g/mol. The zero-order valence-corrected chi connectivity index (χ0v) is 11.0. The highest BCUT2D eigenvalue weighted by atomic mass is 16.5. The quantitative estimate of drug-likeness (QED) is 0.737. The summed E-state index contributed by atoms with van der Waals surface area (Å²) >= 11 is 0. The Bertz CT molecular complexity index is 529. The molecule has 0 spiro atoms. The van der Waals surface area contributed by atoms with Gasteiger partial charge in [-0.15, -0.1) is 0 Å². The number of benzene rings is 1. The van der Waals surface area contributed by atoms with Crippen LogP contribution in [0, 0.1) is 0 Å². The van der Waals surface area contributed by atoms with Crippen LogP contribution in [0.2, 0.25) is 0 Å². The summed E-state index contributed by atoms with van der Waals surface area (Å²) in [5.41, 5.74) is 4.91. The van der Waals surface area contributed by atoms with Crippen LogP contribution in [0.3, 0.4) is 0 Å². The maximum Gasteiger partial charge on any atom is 0.338 e. The molecule has 0 atom stereocenters. The molecule has 8 heteroatoms. The van der Waals surface area contributed by atoms with Gasteiger partial charge in [0, 0.05) is 0 Å². The van der Waals surface area contributed by atoms with Crippen LogP contribution in [0.5, 0.6) is 11.5 Å². The number of carbonyl (C=O) groups is 3. The van der Waals surface area contributed by atoms with E-state index >= 15 is 0 Å². The summed E-state index contributed by atoms with van der Waals surface area (Å²) < 4.78 is 14.8. The number of nitrogens with two attached hydrogens (primary N) is 1. The van der Waals surface area contributed by atoms with E-state index < -0.39 is 24.5 Å². The van der Waals surface area contributed by atoms with Crippen LogP contribution >= 0.6 is 0 Å². The first-order valence-corrected chi connectivity index (χ1v) is 5.46. The first-order chi connectivity index (χ1) is 9.47. The van der Waals surface area contributed by atoms with E-state index in [1.54, 1.807) is 5.32 Å². The Labute approximate surface area is 114 Å². The third-order valence-corrected chi connectivity index (χ3v) is 2.22. The molecule has 0 saturated heterocycles. The molecular weight excluding hydrogens is 268 g/mol. The van der Waals surface area contributed by atoms with E-state index in [0.29, 0.717) is 11.5 Å². The normalized spacial score (nSPS) is 9.50. The predicted octanol–water partition coefficient (Wildman–Crippen LogP) is 0.0555. The van der Waals surface area contributed by atoms with Crippen LogP contribution in [0.1, 0.15) is 10.4 Å². The van der Waals surface area contributed by atoms with Gasteiger partial charge in [0.1, 0.15) is 0 Å². The molecule has 1 aromatic carbocycles. The number of hydrogen-bond acceptors (Lipinski definition) is 6. The van der Waals surface area contributed by atoms with Crippen molar-refractivity contribution in [3.63, 3.8) is 0 Å². The van der Waals surface area contributed by atoms with E-state index in [1.165, 1.54) is 32.4 Å². The number of esters is 1. The van der Waals surface area contributed by atoms with Crippen LogP contribution in [-0.2, 0) is 9.53 Å². The topological polar surface area (TPSA) is 117 Å². The van der Waals surface area contributed by atoms with Gasteiger partial charge in [-0.05, 0) is 18.2 Å². The SMILES string of the molecule is COc1ccc(C(=O)OCC(=O)NC(N)=O)cc1OC. The Morgan fingerprint density at radius 3 is 2.35 bits per heavy atom. The second-order valence-electron chi connectivity index (χ2n) is 3.56. The summed E-state index contributed by atoms with van der Waals surface area (Å²) in [5, 5.41) is 1.77. The fraction of sp³-hybridized carbons (Fsp3) is 0.250. The molecule has 0 aliphatic heterocycles. The molecule has 3 N–H and O–H groups in total. The number of carbonyl (C=O) groups excluding carboxylic acids is 3. The molecule has 3 amide bonds. The summed E-state index contributed by atoms with van der Waals surface area (Å²) in [6, 6.07) is 3.37. The number of methoxy groups -OCH3 is 2. The number of hydrogen-bond donors (Lipinski definition) is 2. The Morgan fingerprint density at radius 2 is 1.80 bits per heavy atom. The van der Waals surface area contributed by atoms with Crippen LogP contribution in [0.15, 0.2) is 18.2 Å². The number of primary amides is 1. The number of imide groups is 1. The van der Waals surface area contributed by atoms with Crippen molar-refractivity contribution in [2.45, 2.75) is 0 Å². The third kappa shape index (κ3) is 4.16. The smallest absolute Gasteiger partial charge is 0.338 e. The van der Waals surface area contributed by atoms with Crippen LogP contribution in [-0.4, -0.2) is 38.7 Å². The summed E-state index contributed by atoms with van der Waals surface area (Å²) in [7, 11) is 2.89. The summed E-state index contributed by atoms with van der Waals surface area (Å²) in [4.78, 5) is 33.2. The van der Waals surface area contributed by atoms with Gasteiger partial charge in [-0.3, -0.25) is 10.1 Å². The lowest BCUT2D eigenvalue weighted by Gasteiger charge is -2.09. The Hall–Kier alpha value is -2.77.